The molecule has 0 aliphatic rings. The number of nitrogens with one attached hydrogen (secondary N) is 2. The van der Waals surface area contributed by atoms with E-state index in [2.05, 4.69) is 30.4 Å². The smallest absolute Gasteiger partial charge is 0.279 e. The fraction of sp³-hybridized carbons (Fsp3) is 0.278. The zero-order valence-electron chi connectivity index (χ0n) is 14.0. The summed E-state index contributed by atoms with van der Waals surface area (Å²) in [6.45, 7) is 9.61. The van der Waals surface area contributed by atoms with E-state index >= 15 is 0 Å². The van der Waals surface area contributed by atoms with Gasteiger partial charge in [0.15, 0.2) is 6.10 Å². The van der Waals surface area contributed by atoms with Crippen molar-refractivity contribution in [3.8, 4) is 5.75 Å². The lowest BCUT2D eigenvalue weighted by atomic mass is 10.2. The number of amides is 1. The minimum Gasteiger partial charge on any atom is -0.481 e. The second-order valence-electron chi connectivity index (χ2n) is 5.38. The van der Waals surface area contributed by atoms with Crippen molar-refractivity contribution in [2.45, 2.75) is 33.3 Å². The Hall–Kier alpha value is -1.98. The molecule has 0 saturated heterocycles. The highest BCUT2D eigenvalue weighted by molar-refractivity contribution is 7.13. The van der Waals surface area contributed by atoms with Gasteiger partial charge in [0.25, 0.3) is 5.91 Å². The van der Waals surface area contributed by atoms with Crippen LogP contribution in [-0.2, 0) is 11.2 Å². The standard InChI is InChI=1S/C18H21ClN2O2S/c1-5-15-7-9-17(24-15)12(3)20-21-18(22)13(4)23-16-8-6-14(19)10-11(16)2/h6-10,13,20H,3,5H2,1-2,4H3,(H,21,22)/t13-/m0/s1. The topological polar surface area (TPSA) is 50.4 Å². The number of aryl methyl sites for hydroxylation is 2. The number of hydrogen-bond donors (Lipinski definition) is 2. The molecule has 0 fully saturated rings. The van der Waals surface area contributed by atoms with Crippen molar-refractivity contribution in [3.63, 3.8) is 0 Å². The predicted molar refractivity (Wildman–Crippen MR) is 100 cm³/mol. The zero-order valence-corrected chi connectivity index (χ0v) is 15.6. The molecule has 1 aromatic heterocycles. The Bertz CT molecular complexity index is 742. The number of rotatable bonds is 7. The fourth-order valence-electron chi connectivity index (χ4n) is 2.02. The van der Waals surface area contributed by atoms with Crippen LogP contribution in [0.15, 0.2) is 36.9 Å². The maximum atomic E-state index is 12.2. The first-order valence-electron chi connectivity index (χ1n) is 7.67. The van der Waals surface area contributed by atoms with Crippen molar-refractivity contribution in [3.05, 3.63) is 57.3 Å². The van der Waals surface area contributed by atoms with Gasteiger partial charge in [0.2, 0.25) is 0 Å². The quantitative estimate of drug-likeness (QED) is 0.719. The van der Waals surface area contributed by atoms with Crippen LogP contribution in [0, 0.1) is 6.92 Å². The Morgan fingerprint density at radius 3 is 2.71 bits per heavy atom. The molecule has 2 rings (SSSR count). The average Bonchev–Trinajstić information content (AvgIpc) is 3.04. The summed E-state index contributed by atoms with van der Waals surface area (Å²) in [5.74, 6) is 0.351. The first kappa shape index (κ1) is 18.4. The molecule has 2 N–H and O–H groups in total. The first-order chi connectivity index (χ1) is 11.4. The molecule has 0 bridgehead atoms. The fourth-order valence-corrected chi connectivity index (χ4v) is 3.12. The highest BCUT2D eigenvalue weighted by atomic mass is 35.5. The second kappa shape index (κ2) is 8.22. The lowest BCUT2D eigenvalue weighted by Gasteiger charge is -2.17. The number of carbonyl (C=O) groups excluding carboxylic acids is 1. The molecule has 24 heavy (non-hydrogen) atoms. The summed E-state index contributed by atoms with van der Waals surface area (Å²) in [6, 6.07) is 9.33. The largest absolute Gasteiger partial charge is 0.481 e. The van der Waals surface area contributed by atoms with Gasteiger partial charge in [-0.1, -0.05) is 25.1 Å². The number of thiophene rings is 1. The van der Waals surface area contributed by atoms with Crippen LogP contribution in [0.25, 0.3) is 5.70 Å². The summed E-state index contributed by atoms with van der Waals surface area (Å²) < 4.78 is 5.68. The summed E-state index contributed by atoms with van der Waals surface area (Å²) in [6.07, 6.45) is 0.329. The van der Waals surface area contributed by atoms with E-state index in [1.165, 1.54) is 4.88 Å². The molecule has 0 unspecified atom stereocenters. The normalized spacial score (nSPS) is 11.7. The predicted octanol–water partition coefficient (Wildman–Crippen LogP) is 4.33. The van der Waals surface area contributed by atoms with Crippen LogP contribution in [0.3, 0.4) is 0 Å². The molecular formula is C18H21ClN2O2S. The molecule has 1 amide bonds. The minimum atomic E-state index is -0.653. The third-order valence-corrected chi connectivity index (χ3v) is 4.98. The Morgan fingerprint density at radius 1 is 1.33 bits per heavy atom. The van der Waals surface area contributed by atoms with Crippen molar-refractivity contribution in [2.75, 3.05) is 0 Å². The summed E-state index contributed by atoms with van der Waals surface area (Å²) in [5, 5.41) is 0.636. The molecule has 0 radical (unpaired) electrons. The number of benzene rings is 1. The van der Waals surface area contributed by atoms with E-state index in [-0.39, 0.29) is 5.91 Å². The van der Waals surface area contributed by atoms with Crippen LogP contribution < -0.4 is 15.6 Å². The van der Waals surface area contributed by atoms with E-state index in [1.54, 1.807) is 36.5 Å². The molecule has 6 heteroatoms. The lowest BCUT2D eigenvalue weighted by molar-refractivity contribution is -0.127. The van der Waals surface area contributed by atoms with Crippen LogP contribution >= 0.6 is 22.9 Å². The first-order valence-corrected chi connectivity index (χ1v) is 8.86. The summed E-state index contributed by atoms with van der Waals surface area (Å²) >= 11 is 7.57. The van der Waals surface area contributed by atoms with Crippen LogP contribution in [0.4, 0.5) is 0 Å². The SMILES string of the molecule is C=C(NNC(=O)[C@H](C)Oc1ccc(Cl)cc1C)c1ccc(CC)s1. The Balaban J connectivity index is 1.88. The van der Waals surface area contributed by atoms with E-state index in [0.717, 1.165) is 16.9 Å². The minimum absolute atomic E-state index is 0.280. The van der Waals surface area contributed by atoms with Gasteiger partial charge in [0.05, 0.1) is 10.6 Å². The number of hydrogen-bond acceptors (Lipinski definition) is 4. The van der Waals surface area contributed by atoms with Gasteiger partial charge in [-0.25, -0.2) is 0 Å². The molecule has 128 valence electrons. The Kier molecular flexibility index (Phi) is 6.29. The van der Waals surface area contributed by atoms with Gasteiger partial charge in [-0.2, -0.15) is 0 Å². The van der Waals surface area contributed by atoms with Crippen LogP contribution in [0.5, 0.6) is 5.75 Å². The third kappa shape index (κ3) is 4.76. The summed E-state index contributed by atoms with van der Waals surface area (Å²) in [5.41, 5.74) is 7.00. The highest BCUT2D eigenvalue weighted by Gasteiger charge is 2.16. The van der Waals surface area contributed by atoms with Crippen molar-refractivity contribution in [1.82, 2.24) is 10.9 Å². The lowest BCUT2D eigenvalue weighted by Crippen LogP contribution is -2.43. The zero-order chi connectivity index (χ0) is 17.7. The van der Waals surface area contributed by atoms with E-state index in [1.807, 2.05) is 13.0 Å². The van der Waals surface area contributed by atoms with Gasteiger partial charge in [0, 0.05) is 9.90 Å². The maximum Gasteiger partial charge on any atom is 0.279 e. The van der Waals surface area contributed by atoms with E-state index in [0.29, 0.717) is 16.5 Å². The van der Waals surface area contributed by atoms with Gasteiger partial charge in [0.1, 0.15) is 5.75 Å². The molecule has 4 nitrogen and oxygen atoms in total. The number of ether oxygens (including phenoxy) is 1. The van der Waals surface area contributed by atoms with Crippen LogP contribution in [0.1, 0.15) is 29.2 Å². The molecule has 1 aromatic carbocycles. The molecule has 0 saturated carbocycles. The molecule has 0 aliphatic heterocycles. The van der Waals surface area contributed by atoms with Gasteiger partial charge >= 0.3 is 0 Å². The van der Waals surface area contributed by atoms with Crippen molar-refractivity contribution in [2.24, 2.45) is 0 Å². The van der Waals surface area contributed by atoms with Crippen molar-refractivity contribution in [1.29, 1.82) is 0 Å². The van der Waals surface area contributed by atoms with E-state index in [9.17, 15) is 4.79 Å². The van der Waals surface area contributed by atoms with Crippen molar-refractivity contribution >= 4 is 34.5 Å². The average molecular weight is 365 g/mol. The van der Waals surface area contributed by atoms with Gasteiger partial charge in [-0.3, -0.25) is 15.6 Å². The van der Waals surface area contributed by atoms with E-state index < -0.39 is 6.10 Å². The monoisotopic (exact) mass is 364 g/mol. The number of hydrazine groups is 1. The number of halogens is 1. The second-order valence-corrected chi connectivity index (χ2v) is 6.99. The summed E-state index contributed by atoms with van der Waals surface area (Å²) in [7, 11) is 0. The molecular weight excluding hydrogens is 344 g/mol. The Morgan fingerprint density at radius 2 is 2.08 bits per heavy atom. The highest BCUT2D eigenvalue weighted by Crippen LogP contribution is 2.23. The van der Waals surface area contributed by atoms with E-state index in [4.69, 9.17) is 16.3 Å². The van der Waals surface area contributed by atoms with Crippen molar-refractivity contribution < 1.29 is 9.53 Å². The Labute approximate surface area is 151 Å². The molecule has 2 aromatic rings. The molecule has 1 heterocycles. The third-order valence-electron chi connectivity index (χ3n) is 3.45. The maximum absolute atomic E-state index is 12.2. The molecule has 0 aliphatic carbocycles. The number of carbonyl (C=O) groups is 1. The van der Waals surface area contributed by atoms with Gasteiger partial charge in [-0.15, -0.1) is 11.3 Å². The van der Waals surface area contributed by atoms with Gasteiger partial charge < -0.3 is 4.74 Å². The molecule has 0 spiro atoms. The van der Waals surface area contributed by atoms with Gasteiger partial charge in [-0.05, 0) is 56.2 Å². The van der Waals surface area contributed by atoms with Crippen LogP contribution in [0.2, 0.25) is 5.02 Å². The van der Waals surface area contributed by atoms with Crippen LogP contribution in [-0.4, -0.2) is 12.0 Å². The summed E-state index contributed by atoms with van der Waals surface area (Å²) in [4.78, 5) is 14.4. The molecule has 1 atom stereocenters.